The molecule has 3 aromatic rings. The summed E-state index contributed by atoms with van der Waals surface area (Å²) in [6.45, 7) is 6.49. The molecular weight excluding hydrogens is 332 g/mol. The number of hydrogen-bond donors (Lipinski definition) is 0. The Hall–Kier alpha value is -3.14. The predicted molar refractivity (Wildman–Crippen MR) is 111 cm³/mol. The van der Waals surface area contributed by atoms with Crippen LogP contribution in [0.15, 0.2) is 93.3 Å². The van der Waals surface area contributed by atoms with Crippen LogP contribution in [0.1, 0.15) is 25.0 Å². The molecule has 0 aliphatic carbocycles. The van der Waals surface area contributed by atoms with Gasteiger partial charge >= 0.3 is 0 Å². The summed E-state index contributed by atoms with van der Waals surface area (Å²) >= 11 is 0. The van der Waals surface area contributed by atoms with E-state index in [0.29, 0.717) is 5.92 Å². The lowest BCUT2D eigenvalue weighted by molar-refractivity contribution is 0.647. The minimum absolute atomic E-state index is 0.652. The van der Waals surface area contributed by atoms with Gasteiger partial charge < -0.3 is 0 Å². The first-order valence-corrected chi connectivity index (χ1v) is 9.18. The molecule has 0 N–H and O–H groups in total. The topological polar surface area (TPSA) is 49.4 Å². The molecule has 3 aromatic carbocycles. The van der Waals surface area contributed by atoms with Gasteiger partial charge in [0.15, 0.2) is 0 Å². The lowest BCUT2D eigenvalue weighted by Crippen LogP contribution is -1.92. The van der Waals surface area contributed by atoms with Gasteiger partial charge in [0, 0.05) is 0 Å². The van der Waals surface area contributed by atoms with Crippen LogP contribution < -0.4 is 0 Å². The Morgan fingerprint density at radius 2 is 0.889 bits per heavy atom. The minimum atomic E-state index is 0.652. The van der Waals surface area contributed by atoms with Crippen molar-refractivity contribution in [3.05, 3.63) is 83.9 Å². The van der Waals surface area contributed by atoms with Gasteiger partial charge in [-0.05, 0) is 73.4 Å². The summed E-state index contributed by atoms with van der Waals surface area (Å²) in [4.78, 5) is 0. The van der Waals surface area contributed by atoms with E-state index < -0.39 is 0 Å². The maximum absolute atomic E-state index is 4.30. The SMILES string of the molecule is Cc1ccc(N=Nc2ccc(N=Nc3ccc(CC(C)C)cc3)cc2)cc1. The molecular formula is C23H24N4. The van der Waals surface area contributed by atoms with Crippen molar-refractivity contribution in [2.45, 2.75) is 27.2 Å². The second-order valence-electron chi connectivity index (χ2n) is 7.02. The lowest BCUT2D eigenvalue weighted by atomic mass is 10.0. The largest absolute Gasteiger partial charge is 0.151 e. The van der Waals surface area contributed by atoms with Crippen LogP contribution in [0.5, 0.6) is 0 Å². The van der Waals surface area contributed by atoms with Crippen LogP contribution in [0.4, 0.5) is 22.7 Å². The average molecular weight is 356 g/mol. The van der Waals surface area contributed by atoms with E-state index in [4.69, 9.17) is 0 Å². The first kappa shape index (κ1) is 18.6. The summed E-state index contributed by atoms with van der Waals surface area (Å²) in [7, 11) is 0. The van der Waals surface area contributed by atoms with Gasteiger partial charge in [-0.2, -0.15) is 20.5 Å². The summed E-state index contributed by atoms with van der Waals surface area (Å²) in [6, 6.07) is 23.7. The van der Waals surface area contributed by atoms with Crippen LogP contribution in [0.2, 0.25) is 0 Å². The van der Waals surface area contributed by atoms with E-state index in [9.17, 15) is 0 Å². The van der Waals surface area contributed by atoms with Crippen molar-refractivity contribution in [1.29, 1.82) is 0 Å². The van der Waals surface area contributed by atoms with E-state index in [2.05, 4.69) is 46.4 Å². The highest BCUT2D eigenvalue weighted by Crippen LogP contribution is 2.24. The van der Waals surface area contributed by atoms with Crippen LogP contribution >= 0.6 is 0 Å². The highest BCUT2D eigenvalue weighted by atomic mass is 15.1. The van der Waals surface area contributed by atoms with Crippen LogP contribution in [-0.4, -0.2) is 0 Å². The molecule has 0 bridgehead atoms. The molecule has 3 rings (SSSR count). The average Bonchev–Trinajstić information content (AvgIpc) is 2.67. The fraction of sp³-hybridized carbons (Fsp3) is 0.217. The third-order valence-electron chi connectivity index (χ3n) is 4.03. The van der Waals surface area contributed by atoms with Crippen molar-refractivity contribution in [2.24, 2.45) is 26.4 Å². The van der Waals surface area contributed by atoms with Crippen LogP contribution in [-0.2, 0) is 6.42 Å². The van der Waals surface area contributed by atoms with Gasteiger partial charge in [-0.25, -0.2) is 0 Å². The zero-order valence-electron chi connectivity index (χ0n) is 16.0. The predicted octanol–water partition coefficient (Wildman–Crippen LogP) is 8.02. The number of aryl methyl sites for hydroxylation is 1. The fourth-order valence-electron chi connectivity index (χ4n) is 2.60. The molecule has 0 aromatic heterocycles. The van der Waals surface area contributed by atoms with Gasteiger partial charge in [-0.1, -0.05) is 43.7 Å². The molecule has 0 atom stereocenters. The third kappa shape index (κ3) is 5.96. The molecule has 0 saturated carbocycles. The minimum Gasteiger partial charge on any atom is -0.151 e. The summed E-state index contributed by atoms with van der Waals surface area (Å²) in [5, 5.41) is 17.1. The van der Waals surface area contributed by atoms with Crippen LogP contribution in [0.3, 0.4) is 0 Å². The van der Waals surface area contributed by atoms with Crippen molar-refractivity contribution in [1.82, 2.24) is 0 Å². The van der Waals surface area contributed by atoms with Gasteiger partial charge in [0.25, 0.3) is 0 Å². The Labute approximate surface area is 160 Å². The number of benzene rings is 3. The zero-order valence-corrected chi connectivity index (χ0v) is 16.0. The quantitative estimate of drug-likeness (QED) is 0.401. The van der Waals surface area contributed by atoms with Gasteiger partial charge in [0.05, 0.1) is 22.7 Å². The van der Waals surface area contributed by atoms with Crippen molar-refractivity contribution in [2.75, 3.05) is 0 Å². The highest BCUT2D eigenvalue weighted by molar-refractivity contribution is 5.48. The molecule has 0 radical (unpaired) electrons. The summed E-state index contributed by atoms with van der Waals surface area (Å²) in [5.74, 6) is 0.652. The molecule has 0 fully saturated rings. The normalized spacial score (nSPS) is 11.7. The molecule has 4 heteroatoms. The second-order valence-corrected chi connectivity index (χ2v) is 7.02. The first-order chi connectivity index (χ1) is 13.1. The Balaban J connectivity index is 1.61. The molecule has 0 heterocycles. The van der Waals surface area contributed by atoms with E-state index in [0.717, 1.165) is 29.2 Å². The van der Waals surface area contributed by atoms with Crippen molar-refractivity contribution in [3.8, 4) is 0 Å². The van der Waals surface area contributed by atoms with Gasteiger partial charge in [0.2, 0.25) is 0 Å². The number of nitrogens with zero attached hydrogens (tertiary/aromatic N) is 4. The molecule has 0 unspecified atom stereocenters. The molecule has 0 spiro atoms. The van der Waals surface area contributed by atoms with Crippen LogP contribution in [0, 0.1) is 12.8 Å². The molecule has 136 valence electrons. The molecule has 0 aliphatic heterocycles. The Morgan fingerprint density at radius 3 is 1.26 bits per heavy atom. The van der Waals surface area contributed by atoms with Gasteiger partial charge in [-0.15, -0.1) is 0 Å². The second kappa shape index (κ2) is 8.99. The number of rotatable bonds is 6. The van der Waals surface area contributed by atoms with Crippen molar-refractivity contribution < 1.29 is 0 Å². The molecule has 27 heavy (non-hydrogen) atoms. The Morgan fingerprint density at radius 1 is 0.556 bits per heavy atom. The molecule has 0 saturated heterocycles. The third-order valence-corrected chi connectivity index (χ3v) is 4.03. The number of azo groups is 2. The maximum atomic E-state index is 4.30. The molecule has 0 amide bonds. The lowest BCUT2D eigenvalue weighted by Gasteiger charge is -2.04. The monoisotopic (exact) mass is 356 g/mol. The molecule has 0 aliphatic rings. The standard InChI is InChI=1S/C23H24N4/c1-17(2)16-19-6-10-21(11-7-19)25-27-23-14-12-22(13-15-23)26-24-20-8-4-18(3)5-9-20/h4-15,17H,16H2,1-3H3. The highest BCUT2D eigenvalue weighted by Gasteiger charge is 1.98. The Kier molecular flexibility index (Phi) is 6.21. The zero-order chi connectivity index (χ0) is 19.1. The number of hydrogen-bond acceptors (Lipinski definition) is 4. The van der Waals surface area contributed by atoms with E-state index in [-0.39, 0.29) is 0 Å². The van der Waals surface area contributed by atoms with Crippen LogP contribution in [0.25, 0.3) is 0 Å². The van der Waals surface area contributed by atoms with E-state index in [1.54, 1.807) is 0 Å². The molecule has 4 nitrogen and oxygen atoms in total. The fourth-order valence-corrected chi connectivity index (χ4v) is 2.60. The summed E-state index contributed by atoms with van der Waals surface area (Å²) in [5.41, 5.74) is 5.80. The Bertz CT molecular complexity index is 906. The van der Waals surface area contributed by atoms with Crippen molar-refractivity contribution in [3.63, 3.8) is 0 Å². The van der Waals surface area contributed by atoms with E-state index >= 15 is 0 Å². The van der Waals surface area contributed by atoms with Crippen molar-refractivity contribution >= 4 is 22.7 Å². The smallest absolute Gasteiger partial charge is 0.0858 e. The maximum Gasteiger partial charge on any atom is 0.0858 e. The van der Waals surface area contributed by atoms with E-state index in [1.165, 1.54) is 11.1 Å². The summed E-state index contributed by atoms with van der Waals surface area (Å²) in [6.07, 6.45) is 1.08. The first-order valence-electron chi connectivity index (χ1n) is 9.18. The van der Waals surface area contributed by atoms with Gasteiger partial charge in [-0.3, -0.25) is 0 Å². The summed E-state index contributed by atoms with van der Waals surface area (Å²) < 4.78 is 0. The van der Waals surface area contributed by atoms with E-state index in [1.807, 2.05) is 67.6 Å². The van der Waals surface area contributed by atoms with Gasteiger partial charge in [0.1, 0.15) is 0 Å².